The minimum atomic E-state index is -3.78. The van der Waals surface area contributed by atoms with Crippen molar-refractivity contribution >= 4 is 21.7 Å². The van der Waals surface area contributed by atoms with E-state index in [9.17, 15) is 13.6 Å². The highest BCUT2D eigenvalue weighted by atomic mass is 79.9. The average Bonchev–Trinajstić information content (AvgIpc) is 2.92. The minimum absolute atomic E-state index is 0.0901. The second-order valence-corrected chi connectivity index (χ2v) is 9.55. The monoisotopic (exact) mass is 572 g/mol. The van der Waals surface area contributed by atoms with Gasteiger partial charge in [0, 0.05) is 0 Å². The first kappa shape index (κ1) is 27.1. The molecule has 1 heterocycles. The molecule has 0 aliphatic carbocycles. The van der Waals surface area contributed by atoms with Gasteiger partial charge in [-0.3, -0.25) is 4.79 Å². The SMILES string of the molecule is O=C(C1=CO[C@H](COCc2ccccc2)[C@@H](OCc2ccccc2)[C@@H]1OCc1ccccc1)C(F)(F)Br. The number of carbonyl (C=O) groups is 1. The van der Waals surface area contributed by atoms with Crippen LogP contribution in [0, 0.1) is 0 Å². The van der Waals surface area contributed by atoms with Gasteiger partial charge in [0.05, 0.1) is 38.3 Å². The van der Waals surface area contributed by atoms with Crippen molar-refractivity contribution in [1.82, 2.24) is 0 Å². The number of ketones is 1. The average molecular weight is 573 g/mol. The van der Waals surface area contributed by atoms with Gasteiger partial charge < -0.3 is 18.9 Å². The van der Waals surface area contributed by atoms with Gasteiger partial charge in [0.2, 0.25) is 5.78 Å². The number of ether oxygens (including phenoxy) is 4. The fourth-order valence-electron chi connectivity index (χ4n) is 3.93. The zero-order valence-electron chi connectivity index (χ0n) is 20.0. The molecule has 0 fully saturated rings. The number of Topliss-reactive ketones (excluding diaryl/α,β-unsaturated/α-hetero) is 1. The molecular formula is C29H27BrF2O5. The van der Waals surface area contributed by atoms with Crippen LogP contribution in [0.4, 0.5) is 8.78 Å². The molecular weight excluding hydrogens is 546 g/mol. The van der Waals surface area contributed by atoms with Gasteiger partial charge in [-0.2, -0.15) is 8.78 Å². The Bertz CT molecular complexity index is 1150. The Morgan fingerprint density at radius 2 is 1.27 bits per heavy atom. The van der Waals surface area contributed by atoms with Crippen molar-refractivity contribution < 1.29 is 32.5 Å². The maximum Gasteiger partial charge on any atom is 0.362 e. The van der Waals surface area contributed by atoms with Gasteiger partial charge in [-0.1, -0.05) is 91.0 Å². The van der Waals surface area contributed by atoms with E-state index in [0.717, 1.165) is 23.0 Å². The van der Waals surface area contributed by atoms with Gasteiger partial charge in [0.25, 0.3) is 0 Å². The lowest BCUT2D eigenvalue weighted by molar-refractivity contribution is -0.159. The topological polar surface area (TPSA) is 54.0 Å². The van der Waals surface area contributed by atoms with Crippen LogP contribution in [0.3, 0.4) is 0 Å². The predicted octanol–water partition coefficient (Wildman–Crippen LogP) is 6.21. The smallest absolute Gasteiger partial charge is 0.362 e. The maximum absolute atomic E-state index is 14.1. The summed E-state index contributed by atoms with van der Waals surface area (Å²) in [5.41, 5.74) is 2.36. The summed E-state index contributed by atoms with van der Waals surface area (Å²) < 4.78 is 52.0. The van der Waals surface area contributed by atoms with Crippen LogP contribution >= 0.6 is 15.9 Å². The van der Waals surface area contributed by atoms with Crippen LogP contribution in [0.15, 0.2) is 103 Å². The number of halogens is 3. The van der Waals surface area contributed by atoms with Crippen molar-refractivity contribution in [3.05, 3.63) is 120 Å². The first-order valence-corrected chi connectivity index (χ1v) is 12.6. The van der Waals surface area contributed by atoms with E-state index >= 15 is 0 Å². The molecule has 0 aromatic heterocycles. The van der Waals surface area contributed by atoms with E-state index in [1.165, 1.54) is 0 Å². The normalized spacial score (nSPS) is 19.6. The Morgan fingerprint density at radius 3 is 1.78 bits per heavy atom. The van der Waals surface area contributed by atoms with E-state index in [1.54, 1.807) is 0 Å². The molecule has 0 spiro atoms. The molecule has 194 valence electrons. The Balaban J connectivity index is 1.57. The van der Waals surface area contributed by atoms with E-state index in [4.69, 9.17) is 18.9 Å². The lowest BCUT2D eigenvalue weighted by Gasteiger charge is -2.37. The lowest BCUT2D eigenvalue weighted by atomic mass is 9.95. The van der Waals surface area contributed by atoms with E-state index in [0.29, 0.717) is 6.61 Å². The summed E-state index contributed by atoms with van der Waals surface area (Å²) in [6.45, 7) is 0.688. The van der Waals surface area contributed by atoms with E-state index < -0.39 is 28.9 Å². The number of alkyl halides is 3. The maximum atomic E-state index is 14.1. The van der Waals surface area contributed by atoms with Crippen LogP contribution in [0.25, 0.3) is 0 Å². The summed E-state index contributed by atoms with van der Waals surface area (Å²) in [5, 5.41) is 0. The highest BCUT2D eigenvalue weighted by molar-refractivity contribution is 9.10. The second kappa shape index (κ2) is 13.1. The number of rotatable bonds is 12. The molecule has 0 unspecified atom stereocenters. The molecule has 0 radical (unpaired) electrons. The van der Waals surface area contributed by atoms with Gasteiger partial charge in [-0.25, -0.2) is 0 Å². The molecule has 1 aliphatic heterocycles. The van der Waals surface area contributed by atoms with Crippen LogP contribution in [-0.2, 0) is 43.6 Å². The Morgan fingerprint density at radius 1 is 0.784 bits per heavy atom. The summed E-state index contributed by atoms with van der Waals surface area (Å²) >= 11 is 2.18. The van der Waals surface area contributed by atoms with Crippen LogP contribution in [-0.4, -0.2) is 35.5 Å². The summed E-state index contributed by atoms with van der Waals surface area (Å²) in [6, 6.07) is 28.3. The van der Waals surface area contributed by atoms with E-state index in [1.807, 2.05) is 91.0 Å². The Hall–Kier alpha value is -2.91. The Kier molecular flexibility index (Phi) is 9.57. The van der Waals surface area contributed by atoms with Crippen LogP contribution in [0.5, 0.6) is 0 Å². The molecule has 4 rings (SSSR count). The largest absolute Gasteiger partial charge is 0.492 e. The molecule has 0 amide bonds. The zero-order valence-corrected chi connectivity index (χ0v) is 21.6. The molecule has 5 nitrogen and oxygen atoms in total. The third-order valence-corrected chi connectivity index (χ3v) is 6.17. The van der Waals surface area contributed by atoms with Crippen molar-refractivity contribution in [3.63, 3.8) is 0 Å². The molecule has 0 N–H and O–H groups in total. The van der Waals surface area contributed by atoms with Crippen molar-refractivity contribution in [3.8, 4) is 0 Å². The minimum Gasteiger partial charge on any atom is -0.492 e. The van der Waals surface area contributed by atoms with Crippen molar-refractivity contribution in [1.29, 1.82) is 0 Å². The predicted molar refractivity (Wildman–Crippen MR) is 138 cm³/mol. The molecule has 8 heteroatoms. The highest BCUT2D eigenvalue weighted by Crippen LogP contribution is 2.34. The molecule has 0 saturated heterocycles. The summed E-state index contributed by atoms with van der Waals surface area (Å²) in [7, 11) is 0. The number of hydrogen-bond donors (Lipinski definition) is 0. The fourth-order valence-corrected chi connectivity index (χ4v) is 4.16. The standard InChI is InChI=1S/C29H27BrF2O5/c30-29(31,32)28(33)24-19-35-25(20-34-16-21-10-4-1-5-11-21)27(37-18-23-14-8-3-9-15-23)26(24)36-17-22-12-6-2-7-13-22/h1-15,19,25-27H,16-18,20H2/t25-,26-,27-/m1/s1. The van der Waals surface area contributed by atoms with Gasteiger partial charge in [-0.05, 0) is 32.6 Å². The van der Waals surface area contributed by atoms with Crippen molar-refractivity contribution in [2.45, 2.75) is 43.0 Å². The van der Waals surface area contributed by atoms with E-state index in [2.05, 4.69) is 15.9 Å². The quantitative estimate of drug-likeness (QED) is 0.241. The third-order valence-electron chi connectivity index (χ3n) is 5.81. The molecule has 0 saturated carbocycles. The molecule has 3 aromatic carbocycles. The Labute approximate surface area is 223 Å². The fraction of sp³-hybridized carbons (Fsp3) is 0.276. The summed E-state index contributed by atoms with van der Waals surface area (Å²) in [4.78, 5) is 8.87. The van der Waals surface area contributed by atoms with Gasteiger partial charge >= 0.3 is 4.83 Å². The molecule has 0 bridgehead atoms. The van der Waals surface area contributed by atoms with E-state index in [-0.39, 0.29) is 25.4 Å². The van der Waals surface area contributed by atoms with Crippen molar-refractivity contribution in [2.24, 2.45) is 0 Å². The number of carbonyl (C=O) groups excluding carboxylic acids is 1. The van der Waals surface area contributed by atoms with Crippen LogP contribution in [0.2, 0.25) is 0 Å². The molecule has 3 aromatic rings. The molecule has 3 atom stereocenters. The van der Waals surface area contributed by atoms with Gasteiger partial charge in [0.15, 0.2) is 0 Å². The molecule has 1 aliphatic rings. The lowest BCUT2D eigenvalue weighted by Crippen LogP contribution is -2.50. The first-order valence-electron chi connectivity index (χ1n) is 11.8. The van der Waals surface area contributed by atoms with Crippen LogP contribution in [0.1, 0.15) is 16.7 Å². The van der Waals surface area contributed by atoms with Gasteiger partial charge in [0.1, 0.15) is 18.3 Å². The highest BCUT2D eigenvalue weighted by Gasteiger charge is 2.47. The van der Waals surface area contributed by atoms with Gasteiger partial charge in [-0.15, -0.1) is 0 Å². The summed E-state index contributed by atoms with van der Waals surface area (Å²) in [5.74, 6) is -1.44. The van der Waals surface area contributed by atoms with Crippen LogP contribution < -0.4 is 0 Å². The summed E-state index contributed by atoms with van der Waals surface area (Å²) in [6.07, 6.45) is -1.65. The number of hydrogen-bond acceptors (Lipinski definition) is 5. The number of benzene rings is 3. The first-order chi connectivity index (χ1) is 17.9. The molecule has 37 heavy (non-hydrogen) atoms. The second-order valence-electron chi connectivity index (χ2n) is 8.55. The van der Waals surface area contributed by atoms with Crippen molar-refractivity contribution in [2.75, 3.05) is 6.61 Å². The third kappa shape index (κ3) is 7.79. The zero-order chi connectivity index (χ0) is 26.1.